The van der Waals surface area contributed by atoms with Gasteiger partial charge < -0.3 is 10.1 Å². The normalized spacial score (nSPS) is 23.0. The first-order valence-corrected chi connectivity index (χ1v) is 7.96. The van der Waals surface area contributed by atoms with E-state index in [1.54, 1.807) is 16.9 Å². The highest BCUT2D eigenvalue weighted by atomic mass is 16.5. The zero-order valence-electron chi connectivity index (χ0n) is 13.0. The summed E-state index contributed by atoms with van der Waals surface area (Å²) in [4.78, 5) is 21.0. The van der Waals surface area contributed by atoms with Gasteiger partial charge >= 0.3 is 0 Å². The van der Waals surface area contributed by atoms with Gasteiger partial charge in [-0.3, -0.25) is 4.79 Å². The second-order valence-electron chi connectivity index (χ2n) is 6.13. The smallest absolute Gasteiger partial charge is 0.267 e. The Balaban J connectivity index is 1.62. The monoisotopic (exact) mass is 313 g/mol. The van der Waals surface area contributed by atoms with Crippen molar-refractivity contribution in [3.63, 3.8) is 0 Å². The van der Waals surface area contributed by atoms with Crippen LogP contribution >= 0.6 is 0 Å². The molecule has 120 valence electrons. The summed E-state index contributed by atoms with van der Waals surface area (Å²) in [5.41, 5.74) is 2.97. The third kappa shape index (κ3) is 2.72. The van der Waals surface area contributed by atoms with E-state index in [4.69, 9.17) is 4.74 Å². The lowest BCUT2D eigenvalue weighted by Crippen LogP contribution is -2.38. The van der Waals surface area contributed by atoms with Gasteiger partial charge in [-0.2, -0.15) is 5.10 Å². The Bertz CT molecular complexity index is 788. The van der Waals surface area contributed by atoms with Gasteiger partial charge in [-0.1, -0.05) is 0 Å². The molecule has 1 aliphatic heterocycles. The average molecular weight is 313 g/mol. The van der Waals surface area contributed by atoms with Crippen LogP contribution in [0.25, 0.3) is 0 Å². The SMILES string of the molecule is Cc1ccnc(NC2COCC2n2nc3c(cc2=O)CCC3)n1. The van der Waals surface area contributed by atoms with Gasteiger partial charge in [-0.25, -0.2) is 14.6 Å². The molecule has 0 radical (unpaired) electrons. The minimum Gasteiger partial charge on any atom is -0.377 e. The maximum absolute atomic E-state index is 12.4. The van der Waals surface area contributed by atoms with Crippen molar-refractivity contribution in [3.05, 3.63) is 45.6 Å². The number of fused-ring (bicyclic) bond motifs is 1. The van der Waals surface area contributed by atoms with Crippen molar-refractivity contribution in [1.82, 2.24) is 19.7 Å². The van der Waals surface area contributed by atoms with Crippen LogP contribution in [0.3, 0.4) is 0 Å². The maximum Gasteiger partial charge on any atom is 0.267 e. The third-order valence-electron chi connectivity index (χ3n) is 4.46. The number of anilines is 1. The number of nitrogens with zero attached hydrogens (tertiary/aromatic N) is 4. The van der Waals surface area contributed by atoms with Crippen LogP contribution in [0.4, 0.5) is 5.95 Å². The molecule has 3 heterocycles. The van der Waals surface area contributed by atoms with Crippen molar-refractivity contribution in [2.45, 2.75) is 38.3 Å². The minimum atomic E-state index is -0.141. The summed E-state index contributed by atoms with van der Waals surface area (Å²) in [6.45, 7) is 2.89. The molecule has 2 aliphatic rings. The molecule has 1 aliphatic carbocycles. The van der Waals surface area contributed by atoms with Crippen LogP contribution in [0.2, 0.25) is 0 Å². The van der Waals surface area contributed by atoms with Gasteiger partial charge in [0.15, 0.2) is 0 Å². The van der Waals surface area contributed by atoms with Gasteiger partial charge in [0, 0.05) is 18.0 Å². The highest BCUT2D eigenvalue weighted by Crippen LogP contribution is 2.23. The van der Waals surface area contributed by atoms with E-state index in [-0.39, 0.29) is 17.6 Å². The van der Waals surface area contributed by atoms with Crippen molar-refractivity contribution in [2.24, 2.45) is 0 Å². The molecule has 7 heteroatoms. The lowest BCUT2D eigenvalue weighted by Gasteiger charge is -2.20. The molecule has 2 atom stereocenters. The highest BCUT2D eigenvalue weighted by molar-refractivity contribution is 5.28. The molecule has 2 aromatic rings. The lowest BCUT2D eigenvalue weighted by atomic mass is 10.1. The second-order valence-corrected chi connectivity index (χ2v) is 6.13. The minimum absolute atomic E-state index is 0.0573. The second kappa shape index (κ2) is 5.73. The molecule has 0 spiro atoms. The zero-order valence-corrected chi connectivity index (χ0v) is 13.0. The first-order valence-electron chi connectivity index (χ1n) is 7.96. The molecule has 2 unspecified atom stereocenters. The molecule has 2 aromatic heterocycles. The molecule has 1 saturated heterocycles. The summed E-state index contributed by atoms with van der Waals surface area (Å²) in [7, 11) is 0. The summed E-state index contributed by atoms with van der Waals surface area (Å²) in [5.74, 6) is 0.555. The summed E-state index contributed by atoms with van der Waals surface area (Å²) in [5, 5.41) is 7.87. The highest BCUT2D eigenvalue weighted by Gasteiger charge is 2.32. The van der Waals surface area contributed by atoms with Crippen LogP contribution in [0.1, 0.15) is 29.4 Å². The van der Waals surface area contributed by atoms with E-state index in [2.05, 4.69) is 20.4 Å². The van der Waals surface area contributed by atoms with Gasteiger partial charge in [0.25, 0.3) is 5.56 Å². The predicted octanol–water partition coefficient (Wildman–Crippen LogP) is 0.882. The quantitative estimate of drug-likeness (QED) is 0.906. The van der Waals surface area contributed by atoms with Gasteiger partial charge in [-0.15, -0.1) is 0 Å². The van der Waals surface area contributed by atoms with E-state index >= 15 is 0 Å². The van der Waals surface area contributed by atoms with Crippen LogP contribution in [0.5, 0.6) is 0 Å². The number of ether oxygens (including phenoxy) is 1. The molecular weight excluding hydrogens is 294 g/mol. The van der Waals surface area contributed by atoms with Gasteiger partial charge in [-0.05, 0) is 37.8 Å². The number of aryl methyl sites for hydroxylation is 3. The van der Waals surface area contributed by atoms with Crippen molar-refractivity contribution in [3.8, 4) is 0 Å². The molecule has 7 nitrogen and oxygen atoms in total. The number of hydrogen-bond acceptors (Lipinski definition) is 6. The molecular formula is C16H19N5O2. The Morgan fingerprint density at radius 2 is 2.26 bits per heavy atom. The Labute approximate surface area is 133 Å². The van der Waals surface area contributed by atoms with Crippen molar-refractivity contribution in [1.29, 1.82) is 0 Å². The van der Waals surface area contributed by atoms with E-state index < -0.39 is 0 Å². The van der Waals surface area contributed by atoms with Gasteiger partial charge in [0.05, 0.1) is 24.9 Å². The van der Waals surface area contributed by atoms with Crippen molar-refractivity contribution < 1.29 is 4.74 Å². The fourth-order valence-corrected chi connectivity index (χ4v) is 3.26. The zero-order chi connectivity index (χ0) is 15.8. The molecule has 0 bridgehead atoms. The van der Waals surface area contributed by atoms with Crippen LogP contribution in [0, 0.1) is 6.92 Å². The summed E-state index contributed by atoms with van der Waals surface area (Å²) in [6.07, 6.45) is 4.70. The molecule has 1 fully saturated rings. The molecule has 23 heavy (non-hydrogen) atoms. The van der Waals surface area contributed by atoms with Crippen molar-refractivity contribution in [2.75, 3.05) is 18.5 Å². The molecule has 0 aromatic carbocycles. The van der Waals surface area contributed by atoms with Gasteiger partial charge in [0.1, 0.15) is 6.04 Å². The first-order chi connectivity index (χ1) is 11.2. The largest absolute Gasteiger partial charge is 0.377 e. The fourth-order valence-electron chi connectivity index (χ4n) is 3.26. The number of rotatable bonds is 3. The maximum atomic E-state index is 12.4. The fraction of sp³-hybridized carbons (Fsp3) is 0.500. The summed E-state index contributed by atoms with van der Waals surface area (Å²) in [6, 6.07) is 3.37. The Kier molecular flexibility index (Phi) is 3.57. The lowest BCUT2D eigenvalue weighted by molar-refractivity contribution is 0.182. The summed E-state index contributed by atoms with van der Waals surface area (Å²) < 4.78 is 7.16. The van der Waals surface area contributed by atoms with Crippen molar-refractivity contribution >= 4 is 5.95 Å². The predicted molar refractivity (Wildman–Crippen MR) is 84.6 cm³/mol. The molecule has 0 amide bonds. The van der Waals surface area contributed by atoms with E-state index in [0.29, 0.717) is 19.2 Å². The third-order valence-corrected chi connectivity index (χ3v) is 4.46. The van der Waals surface area contributed by atoms with E-state index in [9.17, 15) is 4.79 Å². The van der Waals surface area contributed by atoms with E-state index in [0.717, 1.165) is 36.2 Å². The molecule has 4 rings (SSSR count). The average Bonchev–Trinajstić information content (AvgIpc) is 3.15. The number of aromatic nitrogens is 4. The first kappa shape index (κ1) is 14.3. The van der Waals surface area contributed by atoms with E-state index in [1.165, 1.54) is 0 Å². The Morgan fingerprint density at radius 3 is 3.13 bits per heavy atom. The summed E-state index contributed by atoms with van der Waals surface area (Å²) >= 11 is 0. The number of hydrogen-bond donors (Lipinski definition) is 1. The Hall–Kier alpha value is -2.28. The van der Waals surface area contributed by atoms with Crippen LogP contribution in [-0.4, -0.2) is 39.0 Å². The standard InChI is InChI=1S/C16H19N5O2/c1-10-5-6-17-16(18-10)19-13-8-23-9-14(13)21-15(22)7-11-3-2-4-12(11)20-21/h5-7,13-14H,2-4,8-9H2,1H3,(H,17,18,19). The van der Waals surface area contributed by atoms with Crippen LogP contribution in [0.15, 0.2) is 23.1 Å². The molecule has 1 N–H and O–H groups in total. The van der Waals surface area contributed by atoms with Gasteiger partial charge in [0.2, 0.25) is 5.95 Å². The van der Waals surface area contributed by atoms with E-state index in [1.807, 2.05) is 13.0 Å². The number of nitrogens with one attached hydrogen (secondary N) is 1. The van der Waals surface area contributed by atoms with Crippen LogP contribution in [-0.2, 0) is 17.6 Å². The Morgan fingerprint density at radius 1 is 1.35 bits per heavy atom. The van der Waals surface area contributed by atoms with Crippen LogP contribution < -0.4 is 10.9 Å². The molecule has 0 saturated carbocycles. The topological polar surface area (TPSA) is 81.9 Å².